The number of phenols is 1. The number of methoxy groups -OCH3 is 1. The van der Waals surface area contributed by atoms with Gasteiger partial charge in [0.2, 0.25) is 0 Å². The molecule has 7 heteroatoms. The van der Waals surface area contributed by atoms with Gasteiger partial charge in [0.15, 0.2) is 17.3 Å². The quantitative estimate of drug-likeness (QED) is 0.250. The molecule has 30 heavy (non-hydrogen) atoms. The number of phenolic OH excluding ortho intramolecular Hbond substituents is 1. The van der Waals surface area contributed by atoms with Crippen LogP contribution in [0, 0.1) is 10.1 Å². The number of ether oxygens (including phenoxy) is 2. The van der Waals surface area contributed by atoms with Crippen molar-refractivity contribution in [2.45, 2.75) is 6.61 Å². The lowest BCUT2D eigenvalue weighted by Crippen LogP contribution is -1.98. The number of ketones is 1. The molecule has 0 aliphatic carbocycles. The third-order valence-corrected chi connectivity index (χ3v) is 4.29. The lowest BCUT2D eigenvalue weighted by atomic mass is 10.1. The van der Waals surface area contributed by atoms with E-state index in [9.17, 15) is 20.0 Å². The molecular weight excluding hydrogens is 386 g/mol. The average molecular weight is 405 g/mol. The lowest BCUT2D eigenvalue weighted by molar-refractivity contribution is -0.384. The van der Waals surface area contributed by atoms with Gasteiger partial charge in [-0.1, -0.05) is 24.3 Å². The SMILES string of the molecule is COc1ccc(/C=C/C(=O)c2cccc(O)c2)cc1OCc1ccc([N+](=O)[O-])cc1. The van der Waals surface area contributed by atoms with E-state index in [1.54, 1.807) is 48.5 Å². The summed E-state index contributed by atoms with van der Waals surface area (Å²) in [6, 6.07) is 17.5. The van der Waals surface area contributed by atoms with E-state index in [0.717, 1.165) is 11.1 Å². The standard InChI is InChI=1S/C23H19NO6/c1-29-22-12-8-16(7-11-21(26)18-3-2-4-20(25)14-18)13-23(22)30-15-17-5-9-19(10-6-17)24(27)28/h2-14,25H,15H2,1H3/b11-7+. The van der Waals surface area contributed by atoms with Crippen molar-refractivity contribution < 1.29 is 24.3 Å². The molecule has 0 aliphatic heterocycles. The van der Waals surface area contributed by atoms with Crippen molar-refractivity contribution in [3.05, 3.63) is 99.6 Å². The normalized spacial score (nSPS) is 10.7. The molecule has 3 rings (SSSR count). The molecule has 0 fully saturated rings. The Labute approximate surface area is 173 Å². The van der Waals surface area contributed by atoms with Crippen LogP contribution in [0.2, 0.25) is 0 Å². The topological polar surface area (TPSA) is 98.9 Å². The number of benzene rings is 3. The Morgan fingerprint density at radius 1 is 1.07 bits per heavy atom. The number of nitro benzene ring substituents is 1. The third-order valence-electron chi connectivity index (χ3n) is 4.29. The van der Waals surface area contributed by atoms with E-state index in [1.807, 2.05) is 0 Å². The molecule has 0 heterocycles. The first-order chi connectivity index (χ1) is 14.5. The number of rotatable bonds is 8. The molecule has 0 aliphatic rings. The zero-order valence-electron chi connectivity index (χ0n) is 16.1. The average Bonchev–Trinajstić information content (AvgIpc) is 2.76. The molecule has 3 aromatic carbocycles. The molecule has 0 atom stereocenters. The fourth-order valence-electron chi connectivity index (χ4n) is 2.71. The van der Waals surface area contributed by atoms with Gasteiger partial charge in [0.1, 0.15) is 12.4 Å². The van der Waals surface area contributed by atoms with Crippen LogP contribution in [0.4, 0.5) is 5.69 Å². The number of allylic oxidation sites excluding steroid dienone is 1. The highest BCUT2D eigenvalue weighted by atomic mass is 16.6. The number of carbonyl (C=O) groups excluding carboxylic acids is 1. The van der Waals surface area contributed by atoms with Crippen molar-refractivity contribution in [2.75, 3.05) is 7.11 Å². The predicted octanol–water partition coefficient (Wildman–Crippen LogP) is 4.78. The first kappa shape index (κ1) is 20.6. The van der Waals surface area contributed by atoms with Crippen molar-refractivity contribution in [3.8, 4) is 17.2 Å². The van der Waals surface area contributed by atoms with E-state index in [4.69, 9.17) is 9.47 Å². The van der Waals surface area contributed by atoms with Crippen LogP contribution in [-0.4, -0.2) is 22.9 Å². The summed E-state index contributed by atoms with van der Waals surface area (Å²) in [4.78, 5) is 22.6. The minimum Gasteiger partial charge on any atom is -0.508 e. The first-order valence-electron chi connectivity index (χ1n) is 9.02. The molecule has 0 spiro atoms. The minimum atomic E-state index is -0.457. The molecule has 0 radical (unpaired) electrons. The van der Waals surface area contributed by atoms with Crippen LogP contribution in [0.5, 0.6) is 17.2 Å². The third kappa shape index (κ3) is 5.23. The van der Waals surface area contributed by atoms with Gasteiger partial charge in [-0.3, -0.25) is 14.9 Å². The molecule has 7 nitrogen and oxygen atoms in total. The van der Waals surface area contributed by atoms with Gasteiger partial charge in [-0.15, -0.1) is 0 Å². The monoisotopic (exact) mass is 405 g/mol. The van der Waals surface area contributed by atoms with Crippen LogP contribution in [0.1, 0.15) is 21.5 Å². The fraction of sp³-hybridized carbons (Fsp3) is 0.0870. The van der Waals surface area contributed by atoms with Gasteiger partial charge in [-0.05, 0) is 53.6 Å². The van der Waals surface area contributed by atoms with E-state index >= 15 is 0 Å². The molecule has 3 aromatic rings. The summed E-state index contributed by atoms with van der Waals surface area (Å²) in [5.41, 5.74) is 1.89. The Morgan fingerprint density at radius 3 is 2.50 bits per heavy atom. The highest BCUT2D eigenvalue weighted by molar-refractivity contribution is 6.07. The zero-order valence-corrected chi connectivity index (χ0v) is 16.1. The van der Waals surface area contributed by atoms with Crippen molar-refractivity contribution >= 4 is 17.5 Å². The highest BCUT2D eigenvalue weighted by Gasteiger charge is 2.08. The minimum absolute atomic E-state index is 0.0138. The number of hydrogen-bond acceptors (Lipinski definition) is 6. The smallest absolute Gasteiger partial charge is 0.269 e. The second-order valence-corrected chi connectivity index (χ2v) is 6.37. The Balaban J connectivity index is 1.73. The molecule has 0 saturated heterocycles. The molecule has 152 valence electrons. The predicted molar refractivity (Wildman–Crippen MR) is 112 cm³/mol. The summed E-state index contributed by atoms with van der Waals surface area (Å²) in [6.45, 7) is 0.198. The number of non-ortho nitro benzene ring substituents is 1. The number of aromatic hydroxyl groups is 1. The Hall–Kier alpha value is -4.13. The van der Waals surface area contributed by atoms with E-state index in [-0.39, 0.29) is 23.8 Å². The van der Waals surface area contributed by atoms with Gasteiger partial charge in [0.25, 0.3) is 5.69 Å². The second-order valence-electron chi connectivity index (χ2n) is 6.37. The van der Waals surface area contributed by atoms with Gasteiger partial charge >= 0.3 is 0 Å². The van der Waals surface area contributed by atoms with E-state index in [1.165, 1.54) is 37.5 Å². The van der Waals surface area contributed by atoms with Gasteiger partial charge in [-0.25, -0.2) is 0 Å². The number of nitrogens with zero attached hydrogens (tertiary/aromatic N) is 1. The Morgan fingerprint density at radius 2 is 1.83 bits per heavy atom. The largest absolute Gasteiger partial charge is 0.508 e. The van der Waals surface area contributed by atoms with Crippen LogP contribution in [0.25, 0.3) is 6.08 Å². The van der Waals surface area contributed by atoms with Gasteiger partial charge < -0.3 is 14.6 Å². The highest BCUT2D eigenvalue weighted by Crippen LogP contribution is 2.29. The van der Waals surface area contributed by atoms with Gasteiger partial charge in [-0.2, -0.15) is 0 Å². The van der Waals surface area contributed by atoms with Crippen molar-refractivity contribution in [3.63, 3.8) is 0 Å². The van der Waals surface area contributed by atoms with Gasteiger partial charge in [0, 0.05) is 17.7 Å². The Kier molecular flexibility index (Phi) is 6.44. The van der Waals surface area contributed by atoms with E-state index in [2.05, 4.69) is 0 Å². The molecule has 0 aromatic heterocycles. The molecular formula is C23H19NO6. The molecule has 1 N–H and O–H groups in total. The summed E-state index contributed by atoms with van der Waals surface area (Å²) in [5, 5.41) is 20.2. The maximum Gasteiger partial charge on any atom is 0.269 e. The van der Waals surface area contributed by atoms with Crippen molar-refractivity contribution in [1.82, 2.24) is 0 Å². The van der Waals surface area contributed by atoms with Gasteiger partial charge in [0.05, 0.1) is 12.0 Å². The maximum absolute atomic E-state index is 12.3. The molecule has 0 unspecified atom stereocenters. The summed E-state index contributed by atoms with van der Waals surface area (Å²) in [5.74, 6) is 0.784. The van der Waals surface area contributed by atoms with Crippen LogP contribution < -0.4 is 9.47 Å². The summed E-state index contributed by atoms with van der Waals surface area (Å²) in [7, 11) is 1.52. The zero-order chi connectivity index (χ0) is 21.5. The Bertz CT molecular complexity index is 1090. The number of nitro groups is 1. The van der Waals surface area contributed by atoms with E-state index in [0.29, 0.717) is 17.1 Å². The fourth-order valence-corrected chi connectivity index (χ4v) is 2.71. The van der Waals surface area contributed by atoms with Crippen LogP contribution in [0.3, 0.4) is 0 Å². The number of hydrogen-bond donors (Lipinski definition) is 1. The lowest BCUT2D eigenvalue weighted by Gasteiger charge is -2.11. The van der Waals surface area contributed by atoms with Crippen molar-refractivity contribution in [1.29, 1.82) is 0 Å². The van der Waals surface area contributed by atoms with E-state index < -0.39 is 4.92 Å². The summed E-state index contributed by atoms with van der Waals surface area (Å²) < 4.78 is 11.1. The van der Waals surface area contributed by atoms with Crippen LogP contribution in [-0.2, 0) is 6.61 Å². The van der Waals surface area contributed by atoms with Crippen LogP contribution in [0.15, 0.2) is 72.8 Å². The molecule has 0 saturated carbocycles. The first-order valence-corrected chi connectivity index (χ1v) is 9.02. The van der Waals surface area contributed by atoms with Crippen molar-refractivity contribution in [2.24, 2.45) is 0 Å². The maximum atomic E-state index is 12.3. The van der Waals surface area contributed by atoms with Crippen LogP contribution >= 0.6 is 0 Å². The summed E-state index contributed by atoms with van der Waals surface area (Å²) >= 11 is 0. The number of carbonyl (C=O) groups is 1. The second kappa shape index (κ2) is 9.38. The summed E-state index contributed by atoms with van der Waals surface area (Å²) in [6.07, 6.45) is 3.06. The molecule has 0 amide bonds. The molecule has 0 bridgehead atoms.